The van der Waals surface area contributed by atoms with Crippen LogP contribution in [0.25, 0.3) is 0 Å². The summed E-state index contributed by atoms with van der Waals surface area (Å²) in [4.78, 5) is 14.9. The van der Waals surface area contributed by atoms with Crippen molar-refractivity contribution in [1.29, 1.82) is 4.78 Å². The molecule has 0 radical (unpaired) electrons. The van der Waals surface area contributed by atoms with Crippen molar-refractivity contribution in [3.05, 3.63) is 64.2 Å². The second-order valence-electron chi connectivity index (χ2n) is 11.2. The van der Waals surface area contributed by atoms with E-state index in [1.807, 2.05) is 0 Å². The smallest absolute Gasteiger partial charge is 0.337 e. The van der Waals surface area contributed by atoms with Crippen LogP contribution in [0.1, 0.15) is 42.4 Å². The van der Waals surface area contributed by atoms with Crippen molar-refractivity contribution in [2.75, 3.05) is 18.1 Å². The summed E-state index contributed by atoms with van der Waals surface area (Å²) < 4.78 is 143. The van der Waals surface area contributed by atoms with Gasteiger partial charge in [-0.25, -0.2) is 17.0 Å². The lowest BCUT2D eigenvalue weighted by molar-refractivity contribution is -0.348. The van der Waals surface area contributed by atoms with E-state index in [9.17, 15) is 48.2 Å². The van der Waals surface area contributed by atoms with Crippen LogP contribution in [0, 0.1) is 10.7 Å². The molecule has 6 nitrogen and oxygen atoms in total. The minimum atomic E-state index is -6.34. The fraction of sp³-hybridized carbons (Fsp3) is 0.519. The second-order valence-corrected chi connectivity index (χ2v) is 16.3. The monoisotopic (exact) mass is 674 g/mol. The van der Waals surface area contributed by atoms with Crippen molar-refractivity contribution in [2.45, 2.75) is 65.8 Å². The molecule has 2 saturated heterocycles. The summed E-state index contributed by atoms with van der Waals surface area (Å²) in [5, 5.41) is 0.215. The zero-order chi connectivity index (χ0) is 31.8. The summed E-state index contributed by atoms with van der Waals surface area (Å²) >= 11 is 5.94. The van der Waals surface area contributed by atoms with Gasteiger partial charge in [0.2, 0.25) is 5.91 Å². The maximum Gasteiger partial charge on any atom is 0.435 e. The molecule has 5 rings (SSSR count). The zero-order valence-electron chi connectivity index (χ0n) is 22.3. The van der Waals surface area contributed by atoms with Crippen LogP contribution in [0.5, 0.6) is 0 Å². The van der Waals surface area contributed by atoms with E-state index in [-0.39, 0.29) is 71.2 Å². The normalized spacial score (nSPS) is 28.3. The fourth-order valence-corrected chi connectivity index (χ4v) is 10.7. The van der Waals surface area contributed by atoms with Gasteiger partial charge >= 0.3 is 18.0 Å². The Balaban J connectivity index is 1.65. The number of sulfone groups is 1. The number of nitrogens with zero attached hydrogens (tertiary/aromatic N) is 1. The number of likely N-dealkylation sites (tertiary alicyclic amines) is 1. The number of hydrogen-bond acceptors (Lipinski definition) is 5. The van der Waals surface area contributed by atoms with Gasteiger partial charge in [0.1, 0.15) is 4.75 Å². The number of aryl methyl sites for hydroxylation is 1. The average Bonchev–Trinajstić information content (AvgIpc) is 3.32. The Morgan fingerprint density at radius 1 is 0.953 bits per heavy atom. The SMILES string of the molecule is N=S1(=O)CCC(C(=O)N2CCC3(S(=O)(=O)c4ccc(Cl)cc4)c4ccc(C(F)(C(F)(F)F)C(F)(F)F)cc4CCC23)CC1. The summed E-state index contributed by atoms with van der Waals surface area (Å²) in [6.45, 7) is -0.0809. The van der Waals surface area contributed by atoms with Gasteiger partial charge in [0, 0.05) is 44.3 Å². The Labute approximate surface area is 248 Å². The predicted octanol–water partition coefficient (Wildman–Crippen LogP) is 6.30. The Hall–Kier alpha value is -2.39. The van der Waals surface area contributed by atoms with Gasteiger partial charge in [0.05, 0.1) is 10.9 Å². The number of fused-ring (bicyclic) bond motifs is 3. The molecule has 2 aromatic rings. The highest BCUT2D eigenvalue weighted by Gasteiger charge is 2.74. The van der Waals surface area contributed by atoms with Crippen molar-refractivity contribution in [1.82, 2.24) is 4.90 Å². The van der Waals surface area contributed by atoms with E-state index in [0.717, 1.165) is 6.07 Å². The second kappa shape index (κ2) is 10.3. The van der Waals surface area contributed by atoms with E-state index in [0.29, 0.717) is 12.1 Å². The molecule has 2 aromatic carbocycles. The molecular formula is C27H26ClF7N2O4S2. The van der Waals surface area contributed by atoms with Crippen LogP contribution in [0.3, 0.4) is 0 Å². The minimum Gasteiger partial charge on any atom is -0.337 e. The van der Waals surface area contributed by atoms with Gasteiger partial charge in [0.15, 0.2) is 9.84 Å². The van der Waals surface area contributed by atoms with E-state index in [2.05, 4.69) is 0 Å². The quantitative estimate of drug-likeness (QED) is 0.385. The topological polar surface area (TPSA) is 95.4 Å². The third-order valence-corrected chi connectivity index (χ3v) is 13.5. The summed E-state index contributed by atoms with van der Waals surface area (Å²) in [6.07, 6.45) is -12.9. The fourth-order valence-electron chi connectivity index (χ4n) is 6.71. The molecule has 2 heterocycles. The Morgan fingerprint density at radius 2 is 1.53 bits per heavy atom. The highest BCUT2D eigenvalue weighted by Crippen LogP contribution is 2.57. The lowest BCUT2D eigenvalue weighted by atomic mass is 9.76. The van der Waals surface area contributed by atoms with Crippen LogP contribution in [0.15, 0.2) is 47.4 Å². The lowest BCUT2D eigenvalue weighted by Gasteiger charge is -2.43. The highest BCUT2D eigenvalue weighted by molar-refractivity contribution is 7.92. The van der Waals surface area contributed by atoms with Gasteiger partial charge in [-0.3, -0.25) is 9.57 Å². The van der Waals surface area contributed by atoms with Crippen molar-refractivity contribution in [3.8, 4) is 0 Å². The average molecular weight is 675 g/mol. The molecule has 236 valence electrons. The van der Waals surface area contributed by atoms with Crippen LogP contribution in [0.2, 0.25) is 5.02 Å². The first-order valence-electron chi connectivity index (χ1n) is 13.3. The number of hydrogen-bond donors (Lipinski definition) is 1. The first-order valence-corrected chi connectivity index (χ1v) is 17.0. The summed E-state index contributed by atoms with van der Waals surface area (Å²) in [6, 6.07) is 5.59. The van der Waals surface area contributed by atoms with Crippen molar-refractivity contribution < 1.29 is 48.2 Å². The molecule has 2 unspecified atom stereocenters. The van der Waals surface area contributed by atoms with E-state index < -0.39 is 65.8 Å². The van der Waals surface area contributed by atoms with Crippen LogP contribution in [0.4, 0.5) is 30.7 Å². The zero-order valence-corrected chi connectivity index (χ0v) is 24.7. The third kappa shape index (κ3) is 4.93. The number of rotatable bonds is 4. The molecule has 0 saturated carbocycles. The molecular weight excluding hydrogens is 649 g/mol. The maximum atomic E-state index is 15.0. The Bertz CT molecular complexity index is 1630. The number of nitrogens with one attached hydrogen (secondary N) is 1. The molecule has 43 heavy (non-hydrogen) atoms. The van der Waals surface area contributed by atoms with Crippen LogP contribution in [-0.4, -0.2) is 59.9 Å². The third-order valence-electron chi connectivity index (χ3n) is 8.89. The molecule has 2 aliphatic heterocycles. The van der Waals surface area contributed by atoms with Crippen LogP contribution < -0.4 is 0 Å². The summed E-state index contributed by atoms with van der Waals surface area (Å²) in [7, 11) is -7.29. The van der Waals surface area contributed by atoms with Crippen molar-refractivity contribution >= 4 is 37.1 Å². The molecule has 0 spiro atoms. The van der Waals surface area contributed by atoms with Crippen LogP contribution >= 0.6 is 11.6 Å². The number of amides is 1. The molecule has 16 heteroatoms. The molecule has 3 aliphatic rings. The number of halogens is 8. The Morgan fingerprint density at radius 3 is 2.09 bits per heavy atom. The minimum absolute atomic E-state index is 0.00509. The van der Waals surface area contributed by atoms with Gasteiger partial charge < -0.3 is 4.90 Å². The molecule has 1 aliphatic carbocycles. The van der Waals surface area contributed by atoms with E-state index >= 15 is 0 Å². The molecule has 1 amide bonds. The largest absolute Gasteiger partial charge is 0.435 e. The maximum absolute atomic E-state index is 15.0. The molecule has 0 aromatic heterocycles. The van der Waals surface area contributed by atoms with Gasteiger partial charge in [-0.15, -0.1) is 0 Å². The van der Waals surface area contributed by atoms with Gasteiger partial charge in [-0.05, 0) is 67.5 Å². The number of carbonyl (C=O) groups is 1. The molecule has 0 bridgehead atoms. The standard InChI is InChI=1S/C27H26ClF7N2O4S2/c28-19-3-5-20(6-4-19)43(40,41)24-11-12-37(23(38)16-9-13-42(36,39)14-10-16)22(24)8-1-17-15-18(2-7-21(17)24)25(29,26(30,31)32)27(33,34)35/h2-7,15-16,22,36H,1,8-14H2. The number of benzene rings is 2. The van der Waals surface area contributed by atoms with Crippen molar-refractivity contribution in [3.63, 3.8) is 0 Å². The van der Waals surface area contributed by atoms with E-state index in [4.69, 9.17) is 16.4 Å². The summed E-state index contributed by atoms with van der Waals surface area (Å²) in [5.41, 5.74) is -7.69. The Kier molecular flexibility index (Phi) is 7.69. The predicted molar refractivity (Wildman–Crippen MR) is 143 cm³/mol. The first kappa shape index (κ1) is 32.0. The molecule has 1 N–H and O–H groups in total. The first-order chi connectivity index (χ1) is 19.8. The molecule has 2 fully saturated rings. The van der Waals surface area contributed by atoms with Gasteiger partial charge in [-0.2, -0.15) is 26.3 Å². The van der Waals surface area contributed by atoms with E-state index in [1.54, 1.807) is 0 Å². The van der Waals surface area contributed by atoms with E-state index in [1.165, 1.54) is 29.2 Å². The van der Waals surface area contributed by atoms with Crippen LogP contribution in [-0.2, 0) is 41.2 Å². The lowest BCUT2D eigenvalue weighted by Crippen LogP contribution is -2.54. The van der Waals surface area contributed by atoms with Crippen molar-refractivity contribution in [2.24, 2.45) is 5.92 Å². The highest BCUT2D eigenvalue weighted by atomic mass is 35.5. The van der Waals surface area contributed by atoms with Gasteiger partial charge in [-0.1, -0.05) is 29.8 Å². The molecule has 2 atom stereocenters. The van der Waals surface area contributed by atoms with Gasteiger partial charge in [0.25, 0.3) is 0 Å². The number of carbonyl (C=O) groups excluding carboxylic acids is 1. The number of alkyl halides is 7. The summed E-state index contributed by atoms with van der Waals surface area (Å²) in [5.74, 6) is -1.02.